The number of anilines is 1. The minimum atomic E-state index is 0.646. The molecule has 0 saturated heterocycles. The maximum atomic E-state index is 5.32. The summed E-state index contributed by atoms with van der Waals surface area (Å²) in [7, 11) is 5.12. The third-order valence-corrected chi connectivity index (χ3v) is 4.40. The molecule has 2 aromatic rings. The van der Waals surface area contributed by atoms with Gasteiger partial charge in [0.1, 0.15) is 11.6 Å². The number of hydrogen-bond donors (Lipinski definition) is 1. The maximum absolute atomic E-state index is 5.32. The third-order valence-electron chi connectivity index (χ3n) is 3.11. The molecule has 0 aliphatic heterocycles. The van der Waals surface area contributed by atoms with Gasteiger partial charge in [0.25, 0.3) is 0 Å². The number of methoxy groups -OCH3 is 2. The van der Waals surface area contributed by atoms with Crippen LogP contribution in [0.2, 0.25) is 0 Å². The Bertz CT molecular complexity index is 647. The Labute approximate surface area is 138 Å². The molecular formula is C15H18IN3O2. The molecular weight excluding hydrogens is 381 g/mol. The molecule has 112 valence electrons. The van der Waals surface area contributed by atoms with Crippen molar-refractivity contribution < 1.29 is 9.47 Å². The summed E-state index contributed by atoms with van der Waals surface area (Å²) in [6.45, 7) is 1.99. The minimum absolute atomic E-state index is 0.646. The first-order valence-corrected chi connectivity index (χ1v) is 7.58. The summed E-state index contributed by atoms with van der Waals surface area (Å²) in [4.78, 5) is 9.09. The van der Waals surface area contributed by atoms with Gasteiger partial charge in [-0.15, -0.1) is 0 Å². The highest BCUT2D eigenvalue weighted by Crippen LogP contribution is 2.28. The van der Waals surface area contributed by atoms with Crippen LogP contribution in [0.1, 0.15) is 17.1 Å². The Morgan fingerprint density at radius 2 is 1.86 bits per heavy atom. The summed E-state index contributed by atoms with van der Waals surface area (Å²) < 4.78 is 11.6. The van der Waals surface area contributed by atoms with Gasteiger partial charge in [0.05, 0.1) is 23.5 Å². The normalized spacial score (nSPS) is 10.3. The molecule has 0 radical (unpaired) electrons. The predicted molar refractivity (Wildman–Crippen MR) is 91.4 cm³/mol. The Morgan fingerprint density at radius 1 is 1.14 bits per heavy atom. The van der Waals surface area contributed by atoms with E-state index < -0.39 is 0 Å². The summed E-state index contributed by atoms with van der Waals surface area (Å²) in [6.07, 6.45) is 0.646. The van der Waals surface area contributed by atoms with Crippen molar-refractivity contribution in [2.45, 2.75) is 13.3 Å². The van der Waals surface area contributed by atoms with Crippen molar-refractivity contribution in [3.8, 4) is 11.5 Å². The molecule has 0 amide bonds. The number of ether oxygens (including phenoxy) is 2. The highest BCUT2D eigenvalue weighted by Gasteiger charge is 2.10. The first kappa shape index (κ1) is 15.8. The predicted octanol–water partition coefficient (Wildman–Crippen LogP) is 3.04. The van der Waals surface area contributed by atoms with Gasteiger partial charge < -0.3 is 14.8 Å². The second-order valence-electron chi connectivity index (χ2n) is 4.50. The summed E-state index contributed by atoms with van der Waals surface area (Å²) in [5.74, 6) is 3.08. The molecule has 5 nitrogen and oxygen atoms in total. The van der Waals surface area contributed by atoms with Crippen LogP contribution in [0.4, 0.5) is 5.82 Å². The topological polar surface area (TPSA) is 56.3 Å². The monoisotopic (exact) mass is 399 g/mol. The van der Waals surface area contributed by atoms with E-state index in [4.69, 9.17) is 9.47 Å². The van der Waals surface area contributed by atoms with Crippen LogP contribution >= 0.6 is 22.6 Å². The van der Waals surface area contributed by atoms with Gasteiger partial charge in [-0.25, -0.2) is 9.97 Å². The van der Waals surface area contributed by atoms with E-state index in [1.54, 1.807) is 14.2 Å². The van der Waals surface area contributed by atoms with Gasteiger partial charge in [-0.1, -0.05) is 6.07 Å². The Balaban J connectivity index is 2.32. The van der Waals surface area contributed by atoms with Crippen molar-refractivity contribution in [3.63, 3.8) is 0 Å². The smallest absolute Gasteiger partial charge is 0.161 e. The number of nitrogens with one attached hydrogen (secondary N) is 1. The number of hydrogen-bond acceptors (Lipinski definition) is 5. The van der Waals surface area contributed by atoms with Crippen LogP contribution in [0.3, 0.4) is 0 Å². The third kappa shape index (κ3) is 3.55. The van der Waals surface area contributed by atoms with Crippen LogP contribution in [0, 0.1) is 10.5 Å². The molecule has 0 unspecified atom stereocenters. The molecule has 21 heavy (non-hydrogen) atoms. The molecule has 0 aliphatic rings. The second kappa shape index (κ2) is 6.93. The number of benzene rings is 1. The molecule has 0 bridgehead atoms. The van der Waals surface area contributed by atoms with E-state index in [-0.39, 0.29) is 0 Å². The first-order valence-electron chi connectivity index (χ1n) is 6.50. The molecule has 0 fully saturated rings. The van der Waals surface area contributed by atoms with E-state index in [9.17, 15) is 0 Å². The standard InChI is InChI=1S/C15H18IN3O2/c1-9-14(16)15(17-2)19-13(18-9)8-10-5-6-11(20-3)12(7-10)21-4/h5-7H,8H2,1-4H3,(H,17,18,19). The van der Waals surface area contributed by atoms with Crippen molar-refractivity contribution >= 4 is 28.4 Å². The fourth-order valence-electron chi connectivity index (χ4n) is 2.04. The number of aromatic nitrogens is 2. The van der Waals surface area contributed by atoms with Gasteiger partial charge in [-0.3, -0.25) is 0 Å². The van der Waals surface area contributed by atoms with Gasteiger partial charge in [0.15, 0.2) is 11.5 Å². The van der Waals surface area contributed by atoms with E-state index in [0.717, 1.165) is 32.2 Å². The summed E-state index contributed by atoms with van der Waals surface area (Å²) in [5.41, 5.74) is 2.06. The fourth-order valence-corrected chi connectivity index (χ4v) is 2.55. The Hall–Kier alpha value is -1.57. The zero-order chi connectivity index (χ0) is 15.4. The maximum Gasteiger partial charge on any atom is 0.161 e. The second-order valence-corrected chi connectivity index (χ2v) is 5.58. The molecule has 6 heteroatoms. The van der Waals surface area contributed by atoms with Crippen LogP contribution in [0.25, 0.3) is 0 Å². The van der Waals surface area contributed by atoms with Crippen LogP contribution in [-0.2, 0) is 6.42 Å². The van der Waals surface area contributed by atoms with Crippen molar-refractivity contribution in [2.24, 2.45) is 0 Å². The molecule has 0 aliphatic carbocycles. The average Bonchev–Trinajstić information content (AvgIpc) is 2.50. The van der Waals surface area contributed by atoms with Gasteiger partial charge in [-0.2, -0.15) is 0 Å². The zero-order valence-corrected chi connectivity index (χ0v) is 14.7. The molecule has 2 rings (SSSR count). The van der Waals surface area contributed by atoms with Gasteiger partial charge in [-0.05, 0) is 47.2 Å². The summed E-state index contributed by atoms with van der Waals surface area (Å²) in [5, 5.41) is 3.10. The van der Waals surface area contributed by atoms with E-state index in [1.165, 1.54) is 0 Å². The molecule has 1 heterocycles. The van der Waals surface area contributed by atoms with Crippen molar-refractivity contribution in [1.82, 2.24) is 9.97 Å². The lowest BCUT2D eigenvalue weighted by Gasteiger charge is -2.11. The lowest BCUT2D eigenvalue weighted by molar-refractivity contribution is 0.354. The molecule has 1 N–H and O–H groups in total. The number of halogens is 1. The zero-order valence-electron chi connectivity index (χ0n) is 12.5. The van der Waals surface area contributed by atoms with E-state index in [1.807, 2.05) is 32.2 Å². The molecule has 0 atom stereocenters. The minimum Gasteiger partial charge on any atom is -0.493 e. The van der Waals surface area contributed by atoms with Crippen molar-refractivity contribution in [3.05, 3.63) is 38.9 Å². The van der Waals surface area contributed by atoms with Crippen LogP contribution < -0.4 is 14.8 Å². The highest BCUT2D eigenvalue weighted by molar-refractivity contribution is 14.1. The Kier molecular flexibility index (Phi) is 5.22. The van der Waals surface area contributed by atoms with E-state index >= 15 is 0 Å². The van der Waals surface area contributed by atoms with E-state index in [2.05, 4.69) is 37.9 Å². The summed E-state index contributed by atoms with van der Waals surface area (Å²) in [6, 6.07) is 5.85. The van der Waals surface area contributed by atoms with Crippen molar-refractivity contribution in [1.29, 1.82) is 0 Å². The molecule has 1 aromatic carbocycles. The average molecular weight is 399 g/mol. The highest BCUT2D eigenvalue weighted by atomic mass is 127. The van der Waals surface area contributed by atoms with Gasteiger partial charge in [0, 0.05) is 13.5 Å². The largest absolute Gasteiger partial charge is 0.493 e. The van der Waals surface area contributed by atoms with Gasteiger partial charge in [0.2, 0.25) is 0 Å². The fraction of sp³-hybridized carbons (Fsp3) is 0.333. The van der Waals surface area contributed by atoms with Crippen LogP contribution in [0.15, 0.2) is 18.2 Å². The number of rotatable bonds is 5. The first-order chi connectivity index (χ1) is 10.1. The molecule has 0 saturated carbocycles. The van der Waals surface area contributed by atoms with E-state index in [0.29, 0.717) is 12.2 Å². The molecule has 0 spiro atoms. The Morgan fingerprint density at radius 3 is 2.48 bits per heavy atom. The van der Waals surface area contributed by atoms with Gasteiger partial charge >= 0.3 is 0 Å². The van der Waals surface area contributed by atoms with Crippen LogP contribution in [-0.4, -0.2) is 31.2 Å². The lowest BCUT2D eigenvalue weighted by Crippen LogP contribution is -2.06. The number of aryl methyl sites for hydroxylation is 1. The summed E-state index contributed by atoms with van der Waals surface area (Å²) >= 11 is 2.25. The van der Waals surface area contributed by atoms with Crippen molar-refractivity contribution in [2.75, 3.05) is 26.6 Å². The van der Waals surface area contributed by atoms with Crippen LogP contribution in [0.5, 0.6) is 11.5 Å². The molecule has 1 aromatic heterocycles. The number of nitrogens with zero attached hydrogens (tertiary/aromatic N) is 2. The quantitative estimate of drug-likeness (QED) is 0.784. The lowest BCUT2D eigenvalue weighted by atomic mass is 10.1. The SMILES string of the molecule is CNc1nc(Cc2ccc(OC)c(OC)c2)nc(C)c1I.